The zero-order valence-corrected chi connectivity index (χ0v) is 12.8. The van der Waals surface area contributed by atoms with E-state index < -0.39 is 0 Å². The van der Waals surface area contributed by atoms with Crippen molar-refractivity contribution >= 4 is 5.78 Å². The molecule has 0 saturated carbocycles. The molecule has 0 aromatic heterocycles. The number of carbonyl (C=O) groups excluding carboxylic acids is 1. The van der Waals surface area contributed by atoms with E-state index in [9.17, 15) is 4.79 Å². The molecule has 0 heterocycles. The second-order valence-electron chi connectivity index (χ2n) is 7.78. The second kappa shape index (κ2) is 3.71. The minimum Gasteiger partial charge on any atom is -0.294 e. The van der Waals surface area contributed by atoms with Gasteiger partial charge in [0.25, 0.3) is 0 Å². The number of ketones is 1. The first kappa shape index (κ1) is 12.9. The van der Waals surface area contributed by atoms with Crippen molar-refractivity contribution in [2.75, 3.05) is 0 Å². The standard InChI is InChI=1S/C18H24O/c1-11-8-16(19)13-10-15-14(9-12(11)13)17(2,3)6-7-18(15,4)5/h9-11H,6-8H2,1-5H3. The maximum Gasteiger partial charge on any atom is 0.163 e. The Morgan fingerprint density at radius 1 is 1.00 bits per heavy atom. The van der Waals surface area contributed by atoms with E-state index >= 15 is 0 Å². The van der Waals surface area contributed by atoms with Crippen LogP contribution in [0.2, 0.25) is 0 Å². The Kier molecular flexibility index (Phi) is 2.52. The van der Waals surface area contributed by atoms with Crippen LogP contribution in [-0.4, -0.2) is 5.78 Å². The number of rotatable bonds is 0. The van der Waals surface area contributed by atoms with E-state index in [1.165, 1.54) is 29.5 Å². The Bertz CT molecular complexity index is 563. The summed E-state index contributed by atoms with van der Waals surface area (Å²) in [7, 11) is 0. The summed E-state index contributed by atoms with van der Waals surface area (Å²) in [6.07, 6.45) is 3.13. The third-order valence-corrected chi connectivity index (χ3v) is 5.35. The fourth-order valence-corrected chi connectivity index (χ4v) is 3.78. The number of hydrogen-bond donors (Lipinski definition) is 0. The fraction of sp³-hybridized carbons (Fsp3) is 0.611. The Morgan fingerprint density at radius 2 is 1.53 bits per heavy atom. The van der Waals surface area contributed by atoms with Crippen LogP contribution < -0.4 is 0 Å². The topological polar surface area (TPSA) is 17.1 Å². The zero-order valence-electron chi connectivity index (χ0n) is 12.8. The van der Waals surface area contributed by atoms with Crippen molar-refractivity contribution in [3.05, 3.63) is 34.4 Å². The van der Waals surface area contributed by atoms with Crippen LogP contribution in [0, 0.1) is 0 Å². The van der Waals surface area contributed by atoms with Gasteiger partial charge in [0.15, 0.2) is 5.78 Å². The molecular weight excluding hydrogens is 232 g/mol. The van der Waals surface area contributed by atoms with E-state index in [-0.39, 0.29) is 10.8 Å². The van der Waals surface area contributed by atoms with E-state index in [4.69, 9.17) is 0 Å². The predicted octanol–water partition coefficient (Wildman–Crippen LogP) is 4.73. The number of fused-ring (bicyclic) bond motifs is 2. The molecule has 0 fully saturated rings. The number of hydrogen-bond acceptors (Lipinski definition) is 1. The average Bonchev–Trinajstić information content (AvgIpc) is 2.60. The van der Waals surface area contributed by atoms with Crippen LogP contribution in [-0.2, 0) is 10.8 Å². The molecule has 0 aliphatic heterocycles. The van der Waals surface area contributed by atoms with Gasteiger partial charge >= 0.3 is 0 Å². The molecule has 3 rings (SSSR count). The predicted molar refractivity (Wildman–Crippen MR) is 79.1 cm³/mol. The highest BCUT2D eigenvalue weighted by Gasteiger charge is 2.39. The highest BCUT2D eigenvalue weighted by Crippen LogP contribution is 2.48. The van der Waals surface area contributed by atoms with Gasteiger partial charge in [-0.3, -0.25) is 4.79 Å². The molecule has 102 valence electrons. The van der Waals surface area contributed by atoms with Crippen LogP contribution in [0.15, 0.2) is 12.1 Å². The van der Waals surface area contributed by atoms with Crippen molar-refractivity contribution in [3.8, 4) is 0 Å². The molecule has 0 N–H and O–H groups in total. The SMILES string of the molecule is CC1CC(=O)c2cc3c(cc21)C(C)(C)CCC3(C)C. The van der Waals surface area contributed by atoms with Gasteiger partial charge in [0.2, 0.25) is 0 Å². The van der Waals surface area contributed by atoms with E-state index in [2.05, 4.69) is 46.8 Å². The molecular formula is C18H24O. The maximum atomic E-state index is 12.1. The zero-order chi connectivity index (χ0) is 14.0. The first-order chi connectivity index (χ1) is 8.72. The first-order valence-electron chi connectivity index (χ1n) is 7.44. The van der Waals surface area contributed by atoms with Gasteiger partial charge in [-0.2, -0.15) is 0 Å². The van der Waals surface area contributed by atoms with Gasteiger partial charge < -0.3 is 0 Å². The van der Waals surface area contributed by atoms with Gasteiger partial charge in [-0.1, -0.05) is 40.7 Å². The Morgan fingerprint density at radius 3 is 2.11 bits per heavy atom. The Labute approximate surface area is 116 Å². The summed E-state index contributed by atoms with van der Waals surface area (Å²) in [5, 5.41) is 0. The average molecular weight is 256 g/mol. The van der Waals surface area contributed by atoms with Crippen molar-refractivity contribution in [2.45, 2.75) is 70.6 Å². The van der Waals surface area contributed by atoms with Gasteiger partial charge in [0, 0.05) is 12.0 Å². The number of benzene rings is 1. The molecule has 19 heavy (non-hydrogen) atoms. The van der Waals surface area contributed by atoms with Gasteiger partial charge in [-0.25, -0.2) is 0 Å². The molecule has 0 saturated heterocycles. The molecule has 0 radical (unpaired) electrons. The van der Waals surface area contributed by atoms with Crippen LogP contribution in [0.1, 0.15) is 86.8 Å². The lowest BCUT2D eigenvalue weighted by molar-refractivity contribution is 0.0990. The van der Waals surface area contributed by atoms with E-state index in [0.717, 1.165) is 5.56 Å². The van der Waals surface area contributed by atoms with Crippen LogP contribution in [0.3, 0.4) is 0 Å². The Hall–Kier alpha value is -1.11. The van der Waals surface area contributed by atoms with Crippen molar-refractivity contribution in [1.82, 2.24) is 0 Å². The number of carbonyl (C=O) groups is 1. The molecule has 1 aromatic carbocycles. The summed E-state index contributed by atoms with van der Waals surface area (Å²) in [5.41, 5.74) is 5.61. The van der Waals surface area contributed by atoms with Gasteiger partial charge in [0.05, 0.1) is 0 Å². The second-order valence-corrected chi connectivity index (χ2v) is 7.78. The summed E-state index contributed by atoms with van der Waals surface area (Å²) in [4.78, 5) is 12.1. The summed E-state index contributed by atoms with van der Waals surface area (Å²) in [6, 6.07) is 4.57. The highest BCUT2D eigenvalue weighted by atomic mass is 16.1. The van der Waals surface area contributed by atoms with Crippen molar-refractivity contribution < 1.29 is 4.79 Å². The Balaban J connectivity index is 2.28. The van der Waals surface area contributed by atoms with Crippen LogP contribution in [0.4, 0.5) is 0 Å². The molecule has 2 aliphatic carbocycles. The summed E-state index contributed by atoms with van der Waals surface area (Å²) in [5.74, 6) is 0.734. The fourth-order valence-electron chi connectivity index (χ4n) is 3.78. The molecule has 1 atom stereocenters. The molecule has 1 nitrogen and oxygen atoms in total. The van der Waals surface area contributed by atoms with E-state index in [0.29, 0.717) is 18.1 Å². The highest BCUT2D eigenvalue weighted by molar-refractivity contribution is 6.01. The van der Waals surface area contributed by atoms with Gasteiger partial charge in [0.1, 0.15) is 0 Å². The van der Waals surface area contributed by atoms with Crippen molar-refractivity contribution in [2.24, 2.45) is 0 Å². The summed E-state index contributed by atoms with van der Waals surface area (Å²) < 4.78 is 0. The lowest BCUT2D eigenvalue weighted by atomic mass is 9.62. The van der Waals surface area contributed by atoms with E-state index in [1.807, 2.05) is 0 Å². The van der Waals surface area contributed by atoms with Gasteiger partial charge in [-0.05, 0) is 52.3 Å². The molecule has 0 bridgehead atoms. The van der Waals surface area contributed by atoms with Crippen LogP contribution in [0.25, 0.3) is 0 Å². The van der Waals surface area contributed by atoms with E-state index in [1.54, 1.807) is 0 Å². The minimum absolute atomic E-state index is 0.200. The van der Waals surface area contributed by atoms with Crippen LogP contribution in [0.5, 0.6) is 0 Å². The summed E-state index contributed by atoms with van der Waals surface area (Å²) >= 11 is 0. The smallest absolute Gasteiger partial charge is 0.163 e. The van der Waals surface area contributed by atoms with Crippen LogP contribution >= 0.6 is 0 Å². The maximum absolute atomic E-state index is 12.1. The molecule has 1 aromatic rings. The molecule has 1 unspecified atom stereocenters. The third kappa shape index (κ3) is 1.78. The van der Waals surface area contributed by atoms with Gasteiger partial charge in [-0.15, -0.1) is 0 Å². The quantitative estimate of drug-likeness (QED) is 0.656. The largest absolute Gasteiger partial charge is 0.294 e. The number of Topliss-reactive ketones (excluding diaryl/α,β-unsaturated/α-hetero) is 1. The molecule has 0 amide bonds. The summed E-state index contributed by atoms with van der Waals surface area (Å²) in [6.45, 7) is 11.5. The minimum atomic E-state index is 0.200. The first-order valence-corrected chi connectivity index (χ1v) is 7.44. The molecule has 0 spiro atoms. The van der Waals surface area contributed by atoms with Crippen molar-refractivity contribution in [1.29, 1.82) is 0 Å². The normalized spacial score (nSPS) is 27.0. The monoisotopic (exact) mass is 256 g/mol. The third-order valence-electron chi connectivity index (χ3n) is 5.35. The van der Waals surface area contributed by atoms with Crippen molar-refractivity contribution in [3.63, 3.8) is 0 Å². The molecule has 1 heteroatoms. The lowest BCUT2D eigenvalue weighted by Gasteiger charge is -2.42. The lowest BCUT2D eigenvalue weighted by Crippen LogP contribution is -2.34. The molecule has 2 aliphatic rings.